The van der Waals surface area contributed by atoms with Crippen LogP contribution in [0.5, 0.6) is 0 Å². The quantitative estimate of drug-likeness (QED) is 0.656. The first-order valence-corrected chi connectivity index (χ1v) is 5.33. The van der Waals surface area contributed by atoms with Gasteiger partial charge in [0.15, 0.2) is 0 Å². The molecule has 2 atom stereocenters. The van der Waals surface area contributed by atoms with E-state index < -0.39 is 0 Å². The maximum atomic E-state index is 11.4. The molecule has 2 aliphatic rings. The van der Waals surface area contributed by atoms with Gasteiger partial charge in [0, 0.05) is 19.1 Å². The second kappa shape index (κ2) is 3.56. The number of carbonyl (C=O) groups is 1. The normalized spacial score (nSPS) is 34.8. The lowest BCUT2D eigenvalue weighted by Crippen LogP contribution is -2.43. The third-order valence-electron chi connectivity index (χ3n) is 3.36. The molecule has 0 bridgehead atoms. The molecular weight excluding hydrogens is 164 g/mol. The molecule has 1 heterocycles. The minimum absolute atomic E-state index is 0.152. The molecule has 3 nitrogen and oxygen atoms in total. The van der Waals surface area contributed by atoms with E-state index in [4.69, 9.17) is 0 Å². The molecule has 1 saturated heterocycles. The van der Waals surface area contributed by atoms with Crippen molar-refractivity contribution in [3.8, 4) is 0 Å². The Kier molecular flexibility index (Phi) is 2.42. The van der Waals surface area contributed by atoms with Crippen LogP contribution in [0.2, 0.25) is 0 Å². The highest BCUT2D eigenvalue weighted by Crippen LogP contribution is 2.28. The van der Waals surface area contributed by atoms with Gasteiger partial charge in [-0.15, -0.1) is 0 Å². The molecule has 1 saturated carbocycles. The number of carbonyl (C=O) groups excluding carboxylic acids is 1. The van der Waals surface area contributed by atoms with Crippen molar-refractivity contribution in [1.29, 1.82) is 0 Å². The highest BCUT2D eigenvalue weighted by molar-refractivity contribution is 5.76. The Hall–Kier alpha value is -0.730. The van der Waals surface area contributed by atoms with Gasteiger partial charge < -0.3 is 10.2 Å². The number of nitrogens with one attached hydrogen (secondary N) is 1. The smallest absolute Gasteiger partial charge is 0.317 e. The first-order chi connectivity index (χ1) is 6.29. The fourth-order valence-corrected chi connectivity index (χ4v) is 2.56. The second-order valence-electron chi connectivity index (χ2n) is 4.25. The standard InChI is InChI=1S/C10H18N2O/c1-8-4-2-3-5-9(8)12-7-6-11-10(12)13/h8-9H,2-7H2,1H3,(H,11,13). The molecule has 0 aromatic carbocycles. The van der Waals surface area contributed by atoms with Crippen LogP contribution < -0.4 is 5.32 Å². The predicted molar refractivity (Wildman–Crippen MR) is 51.5 cm³/mol. The zero-order valence-electron chi connectivity index (χ0n) is 8.25. The summed E-state index contributed by atoms with van der Waals surface area (Å²) in [5.74, 6) is 0.692. The van der Waals surface area contributed by atoms with Crippen molar-refractivity contribution in [3.05, 3.63) is 0 Å². The SMILES string of the molecule is CC1CCCCC1N1CCNC1=O. The highest BCUT2D eigenvalue weighted by Gasteiger charge is 2.32. The molecule has 2 rings (SSSR count). The first-order valence-electron chi connectivity index (χ1n) is 5.33. The van der Waals surface area contributed by atoms with Crippen molar-refractivity contribution in [2.75, 3.05) is 13.1 Å². The van der Waals surface area contributed by atoms with Crippen LogP contribution in [-0.4, -0.2) is 30.1 Å². The zero-order chi connectivity index (χ0) is 9.26. The average Bonchev–Trinajstić information content (AvgIpc) is 2.52. The van der Waals surface area contributed by atoms with E-state index in [0.717, 1.165) is 13.1 Å². The summed E-state index contributed by atoms with van der Waals surface area (Å²) in [5.41, 5.74) is 0. The first kappa shape index (κ1) is 8.85. The number of rotatable bonds is 1. The molecule has 74 valence electrons. The number of nitrogens with zero attached hydrogens (tertiary/aromatic N) is 1. The fourth-order valence-electron chi connectivity index (χ4n) is 2.56. The van der Waals surface area contributed by atoms with Crippen molar-refractivity contribution < 1.29 is 4.79 Å². The fraction of sp³-hybridized carbons (Fsp3) is 0.900. The molecule has 1 aliphatic heterocycles. The average molecular weight is 182 g/mol. The van der Waals surface area contributed by atoms with Crippen molar-refractivity contribution in [2.45, 2.75) is 38.6 Å². The minimum atomic E-state index is 0.152. The van der Waals surface area contributed by atoms with E-state index in [2.05, 4.69) is 12.2 Å². The lowest BCUT2D eigenvalue weighted by Gasteiger charge is -2.35. The van der Waals surface area contributed by atoms with Crippen LogP contribution in [0.3, 0.4) is 0 Å². The number of hydrogen-bond donors (Lipinski definition) is 1. The third-order valence-corrected chi connectivity index (χ3v) is 3.36. The molecule has 2 fully saturated rings. The van der Waals surface area contributed by atoms with Crippen molar-refractivity contribution in [2.24, 2.45) is 5.92 Å². The molecule has 3 heteroatoms. The van der Waals surface area contributed by atoms with Crippen LogP contribution in [0.1, 0.15) is 32.6 Å². The van der Waals surface area contributed by atoms with Gasteiger partial charge in [-0.3, -0.25) is 0 Å². The van der Waals surface area contributed by atoms with E-state index in [9.17, 15) is 4.79 Å². The summed E-state index contributed by atoms with van der Waals surface area (Å²) in [5, 5.41) is 2.87. The Morgan fingerprint density at radius 2 is 2.15 bits per heavy atom. The minimum Gasteiger partial charge on any atom is -0.336 e. The van der Waals surface area contributed by atoms with Crippen LogP contribution in [0, 0.1) is 5.92 Å². The molecule has 1 N–H and O–H groups in total. The highest BCUT2D eigenvalue weighted by atomic mass is 16.2. The van der Waals surface area contributed by atoms with Crippen LogP contribution >= 0.6 is 0 Å². The summed E-state index contributed by atoms with van der Waals surface area (Å²) in [4.78, 5) is 13.5. The maximum absolute atomic E-state index is 11.4. The van der Waals surface area contributed by atoms with Gasteiger partial charge in [-0.2, -0.15) is 0 Å². The van der Waals surface area contributed by atoms with Crippen LogP contribution in [0.4, 0.5) is 4.79 Å². The Morgan fingerprint density at radius 1 is 1.38 bits per heavy atom. The molecule has 0 aromatic heterocycles. The Bertz CT molecular complexity index is 205. The van der Waals surface area contributed by atoms with Gasteiger partial charge in [0.25, 0.3) is 0 Å². The van der Waals surface area contributed by atoms with E-state index in [1.807, 2.05) is 4.90 Å². The summed E-state index contributed by atoms with van der Waals surface area (Å²) in [6, 6.07) is 0.662. The summed E-state index contributed by atoms with van der Waals surface area (Å²) < 4.78 is 0. The van der Waals surface area contributed by atoms with E-state index in [-0.39, 0.29) is 6.03 Å². The molecule has 0 radical (unpaired) electrons. The molecule has 2 unspecified atom stereocenters. The number of urea groups is 1. The molecule has 13 heavy (non-hydrogen) atoms. The molecule has 0 spiro atoms. The third kappa shape index (κ3) is 1.64. The van der Waals surface area contributed by atoms with Gasteiger partial charge in [0.2, 0.25) is 0 Å². The Labute approximate surface area is 79.5 Å². The molecular formula is C10H18N2O. The Balaban J connectivity index is 2.01. The van der Waals surface area contributed by atoms with Crippen LogP contribution in [-0.2, 0) is 0 Å². The Morgan fingerprint density at radius 3 is 2.77 bits per heavy atom. The summed E-state index contributed by atoms with van der Waals surface area (Å²) in [7, 11) is 0. The summed E-state index contributed by atoms with van der Waals surface area (Å²) in [6.45, 7) is 4.02. The van der Waals surface area contributed by atoms with Crippen molar-refractivity contribution in [3.63, 3.8) is 0 Å². The maximum Gasteiger partial charge on any atom is 0.317 e. The lowest BCUT2D eigenvalue weighted by atomic mass is 9.85. The predicted octanol–water partition coefficient (Wildman–Crippen LogP) is 1.59. The molecule has 0 aromatic rings. The van der Waals surface area contributed by atoms with E-state index in [0.29, 0.717) is 12.0 Å². The topological polar surface area (TPSA) is 32.3 Å². The van der Waals surface area contributed by atoms with Gasteiger partial charge in [0.05, 0.1) is 0 Å². The molecule has 2 amide bonds. The van der Waals surface area contributed by atoms with Gasteiger partial charge in [0.1, 0.15) is 0 Å². The summed E-state index contributed by atoms with van der Waals surface area (Å²) in [6.07, 6.45) is 5.12. The zero-order valence-corrected chi connectivity index (χ0v) is 8.25. The van der Waals surface area contributed by atoms with Gasteiger partial charge in [-0.05, 0) is 18.8 Å². The van der Waals surface area contributed by atoms with Gasteiger partial charge in [-0.1, -0.05) is 19.8 Å². The van der Waals surface area contributed by atoms with Crippen LogP contribution in [0.25, 0.3) is 0 Å². The van der Waals surface area contributed by atoms with Gasteiger partial charge in [-0.25, -0.2) is 4.79 Å². The summed E-state index contributed by atoms with van der Waals surface area (Å²) >= 11 is 0. The van der Waals surface area contributed by atoms with Gasteiger partial charge >= 0.3 is 6.03 Å². The monoisotopic (exact) mass is 182 g/mol. The second-order valence-corrected chi connectivity index (χ2v) is 4.25. The molecule has 1 aliphatic carbocycles. The van der Waals surface area contributed by atoms with E-state index >= 15 is 0 Å². The van der Waals surface area contributed by atoms with Crippen molar-refractivity contribution >= 4 is 6.03 Å². The number of amides is 2. The van der Waals surface area contributed by atoms with E-state index in [1.54, 1.807) is 0 Å². The van der Waals surface area contributed by atoms with Crippen LogP contribution in [0.15, 0.2) is 0 Å². The largest absolute Gasteiger partial charge is 0.336 e. The number of hydrogen-bond acceptors (Lipinski definition) is 1. The lowest BCUT2D eigenvalue weighted by molar-refractivity contribution is 0.148. The van der Waals surface area contributed by atoms with E-state index in [1.165, 1.54) is 25.7 Å². The van der Waals surface area contributed by atoms with Crippen molar-refractivity contribution in [1.82, 2.24) is 10.2 Å².